The van der Waals surface area contributed by atoms with E-state index in [9.17, 15) is 4.79 Å². The fourth-order valence-electron chi connectivity index (χ4n) is 2.40. The van der Waals surface area contributed by atoms with Crippen molar-refractivity contribution in [2.24, 2.45) is 5.92 Å². The number of thioether (sulfide) groups is 1. The molecule has 1 aliphatic rings. The summed E-state index contributed by atoms with van der Waals surface area (Å²) in [5, 5.41) is 3.47. The lowest BCUT2D eigenvalue weighted by molar-refractivity contribution is -0.144. The molecular formula is C15H21NO2S. The van der Waals surface area contributed by atoms with Gasteiger partial charge in [0.1, 0.15) is 6.04 Å². The van der Waals surface area contributed by atoms with Crippen molar-refractivity contribution in [2.45, 2.75) is 31.7 Å². The average Bonchev–Trinajstić information content (AvgIpc) is 2.43. The average molecular weight is 279 g/mol. The monoisotopic (exact) mass is 279 g/mol. The molecule has 2 atom stereocenters. The molecule has 3 nitrogen and oxygen atoms in total. The predicted molar refractivity (Wildman–Crippen MR) is 79.1 cm³/mol. The largest absolute Gasteiger partial charge is 0.468 e. The fourth-order valence-corrected chi connectivity index (χ4v) is 3.51. The fraction of sp³-hybridized carbons (Fsp3) is 0.533. The molecule has 0 bridgehead atoms. The predicted octanol–water partition coefficient (Wildman–Crippen LogP) is 2.76. The number of benzene rings is 1. The van der Waals surface area contributed by atoms with E-state index in [0.29, 0.717) is 0 Å². The summed E-state index contributed by atoms with van der Waals surface area (Å²) >= 11 is 1.90. The maximum Gasteiger partial charge on any atom is 0.323 e. The van der Waals surface area contributed by atoms with Crippen LogP contribution in [0.25, 0.3) is 0 Å². The molecule has 0 spiro atoms. The third-order valence-corrected chi connectivity index (χ3v) is 4.56. The molecule has 0 aliphatic carbocycles. The number of methoxy groups -OCH3 is 1. The Morgan fingerprint density at radius 3 is 2.84 bits per heavy atom. The summed E-state index contributed by atoms with van der Waals surface area (Å²) in [6.45, 7) is 4.08. The molecule has 104 valence electrons. The molecule has 1 N–H and O–H groups in total. The van der Waals surface area contributed by atoms with E-state index in [1.54, 1.807) is 0 Å². The molecule has 0 fully saturated rings. The Bertz CT molecular complexity index is 448. The molecule has 1 unspecified atom stereocenters. The third-order valence-electron chi connectivity index (χ3n) is 3.48. The Kier molecular flexibility index (Phi) is 4.88. The Balaban J connectivity index is 2.17. The van der Waals surface area contributed by atoms with E-state index >= 15 is 0 Å². The third kappa shape index (κ3) is 3.31. The van der Waals surface area contributed by atoms with E-state index in [1.165, 1.54) is 18.2 Å². The zero-order valence-electron chi connectivity index (χ0n) is 11.7. The smallest absolute Gasteiger partial charge is 0.323 e. The number of rotatable bonds is 4. The van der Waals surface area contributed by atoms with Crippen molar-refractivity contribution in [1.29, 1.82) is 0 Å². The van der Waals surface area contributed by atoms with Crippen molar-refractivity contribution in [2.75, 3.05) is 12.9 Å². The van der Waals surface area contributed by atoms with Crippen molar-refractivity contribution < 1.29 is 9.53 Å². The van der Waals surface area contributed by atoms with Crippen LogP contribution >= 0.6 is 11.8 Å². The van der Waals surface area contributed by atoms with Crippen LogP contribution in [0.15, 0.2) is 24.3 Å². The number of carbonyl (C=O) groups is 1. The number of nitrogens with one attached hydrogen (secondary N) is 1. The van der Waals surface area contributed by atoms with E-state index in [4.69, 9.17) is 4.74 Å². The first-order valence-corrected chi connectivity index (χ1v) is 7.78. The second-order valence-corrected chi connectivity index (χ2v) is 6.21. The summed E-state index contributed by atoms with van der Waals surface area (Å²) < 4.78 is 4.89. The minimum Gasteiger partial charge on any atom is -0.468 e. The summed E-state index contributed by atoms with van der Waals surface area (Å²) in [6.07, 6.45) is 0. The van der Waals surface area contributed by atoms with Crippen LogP contribution in [0.1, 0.15) is 31.0 Å². The standard InChI is InChI=1S/C15H21NO2S/c1-10(2)14(15(17)18-3)16-13-9-19-8-11-6-4-5-7-12(11)13/h4-7,10,13-14,16H,8-9H2,1-3H3/t13?,14-/m0/s1. The van der Waals surface area contributed by atoms with E-state index in [0.717, 1.165) is 11.5 Å². The SMILES string of the molecule is COC(=O)[C@@H](NC1CSCc2ccccc21)C(C)C. The highest BCUT2D eigenvalue weighted by molar-refractivity contribution is 7.98. The molecule has 0 saturated heterocycles. The lowest BCUT2D eigenvalue weighted by Crippen LogP contribution is -2.45. The van der Waals surface area contributed by atoms with Gasteiger partial charge in [-0.15, -0.1) is 0 Å². The molecule has 2 rings (SSSR count). The van der Waals surface area contributed by atoms with Crippen LogP contribution in [0.2, 0.25) is 0 Å². The number of hydrogen-bond acceptors (Lipinski definition) is 4. The zero-order valence-corrected chi connectivity index (χ0v) is 12.5. The molecule has 1 aliphatic heterocycles. The molecule has 0 saturated carbocycles. The van der Waals surface area contributed by atoms with Crippen LogP contribution in [0.3, 0.4) is 0 Å². The van der Waals surface area contributed by atoms with E-state index < -0.39 is 0 Å². The number of carbonyl (C=O) groups excluding carboxylic acids is 1. The van der Waals surface area contributed by atoms with Gasteiger partial charge in [-0.05, 0) is 17.0 Å². The summed E-state index contributed by atoms with van der Waals surface area (Å²) in [5.41, 5.74) is 2.68. The van der Waals surface area contributed by atoms with Gasteiger partial charge in [0.25, 0.3) is 0 Å². The Morgan fingerprint density at radius 1 is 1.42 bits per heavy atom. The van der Waals surface area contributed by atoms with Crippen molar-refractivity contribution in [3.8, 4) is 0 Å². The topological polar surface area (TPSA) is 38.3 Å². The van der Waals surface area contributed by atoms with Gasteiger partial charge in [-0.1, -0.05) is 38.1 Å². The summed E-state index contributed by atoms with van der Waals surface area (Å²) in [6, 6.07) is 8.43. The maximum absolute atomic E-state index is 11.8. The first-order valence-electron chi connectivity index (χ1n) is 6.63. The van der Waals surface area contributed by atoms with Gasteiger partial charge in [-0.25, -0.2) is 0 Å². The highest BCUT2D eigenvalue weighted by atomic mass is 32.2. The normalized spacial score (nSPS) is 19.9. The molecule has 1 aromatic rings. The number of esters is 1. The highest BCUT2D eigenvalue weighted by Crippen LogP contribution is 2.32. The molecular weight excluding hydrogens is 258 g/mol. The zero-order chi connectivity index (χ0) is 13.8. The molecule has 4 heteroatoms. The minimum atomic E-state index is -0.248. The highest BCUT2D eigenvalue weighted by Gasteiger charge is 2.28. The van der Waals surface area contributed by atoms with E-state index in [1.807, 2.05) is 25.6 Å². The Labute approximate surface area is 119 Å². The second-order valence-electron chi connectivity index (χ2n) is 5.18. The van der Waals surface area contributed by atoms with Gasteiger partial charge in [-0.3, -0.25) is 10.1 Å². The summed E-state index contributed by atoms with van der Waals surface area (Å²) in [7, 11) is 1.45. The molecule has 0 aromatic heterocycles. The van der Waals surface area contributed by atoms with Crippen LogP contribution < -0.4 is 5.32 Å². The number of fused-ring (bicyclic) bond motifs is 1. The molecule has 0 radical (unpaired) electrons. The first kappa shape index (κ1) is 14.4. The van der Waals surface area contributed by atoms with Crippen molar-refractivity contribution in [3.63, 3.8) is 0 Å². The van der Waals surface area contributed by atoms with Crippen LogP contribution in [0, 0.1) is 5.92 Å². The van der Waals surface area contributed by atoms with Crippen molar-refractivity contribution in [1.82, 2.24) is 5.32 Å². The lowest BCUT2D eigenvalue weighted by atomic mass is 9.98. The van der Waals surface area contributed by atoms with Gasteiger partial charge in [0.2, 0.25) is 0 Å². The van der Waals surface area contributed by atoms with Crippen molar-refractivity contribution in [3.05, 3.63) is 35.4 Å². The van der Waals surface area contributed by atoms with Gasteiger partial charge in [0.15, 0.2) is 0 Å². The van der Waals surface area contributed by atoms with Gasteiger partial charge in [0, 0.05) is 17.5 Å². The minimum absolute atomic E-state index is 0.178. The van der Waals surface area contributed by atoms with Gasteiger partial charge < -0.3 is 4.74 Å². The van der Waals surface area contributed by atoms with Crippen LogP contribution in [0.4, 0.5) is 0 Å². The molecule has 1 aromatic carbocycles. The Hall–Kier alpha value is -1.00. The van der Waals surface area contributed by atoms with Gasteiger partial charge >= 0.3 is 5.97 Å². The van der Waals surface area contributed by atoms with Gasteiger partial charge in [0.05, 0.1) is 7.11 Å². The Morgan fingerprint density at radius 2 is 2.16 bits per heavy atom. The van der Waals surface area contributed by atoms with E-state index in [-0.39, 0.29) is 24.0 Å². The maximum atomic E-state index is 11.8. The summed E-state index contributed by atoms with van der Waals surface area (Å²) in [5.74, 6) is 2.09. The molecule has 19 heavy (non-hydrogen) atoms. The van der Waals surface area contributed by atoms with Crippen LogP contribution in [-0.2, 0) is 15.3 Å². The number of hydrogen-bond donors (Lipinski definition) is 1. The van der Waals surface area contributed by atoms with Crippen LogP contribution in [0.5, 0.6) is 0 Å². The lowest BCUT2D eigenvalue weighted by Gasteiger charge is -2.30. The summed E-state index contributed by atoms with van der Waals surface area (Å²) in [4.78, 5) is 11.8. The first-order chi connectivity index (χ1) is 9.13. The quantitative estimate of drug-likeness (QED) is 0.860. The van der Waals surface area contributed by atoms with Crippen LogP contribution in [-0.4, -0.2) is 24.9 Å². The molecule has 1 heterocycles. The van der Waals surface area contributed by atoms with Gasteiger partial charge in [-0.2, -0.15) is 11.8 Å². The number of ether oxygens (including phenoxy) is 1. The van der Waals surface area contributed by atoms with Crippen molar-refractivity contribution >= 4 is 17.7 Å². The molecule has 0 amide bonds. The van der Waals surface area contributed by atoms with E-state index in [2.05, 4.69) is 29.6 Å². The second kappa shape index (κ2) is 6.44.